The normalized spacial score (nSPS) is 10.5. The highest BCUT2D eigenvalue weighted by molar-refractivity contribution is 5.95. The number of hydrogen-bond donors (Lipinski definition) is 2. The van der Waals surface area contributed by atoms with Crippen molar-refractivity contribution in [2.24, 2.45) is 7.05 Å². The van der Waals surface area contributed by atoms with E-state index in [2.05, 4.69) is 20.6 Å². The van der Waals surface area contributed by atoms with E-state index in [0.717, 1.165) is 5.69 Å². The molecule has 19 heavy (non-hydrogen) atoms. The predicted octanol–water partition coefficient (Wildman–Crippen LogP) is 0.0502. The molecule has 2 N–H and O–H groups in total. The lowest BCUT2D eigenvalue weighted by Crippen LogP contribution is -2.34. The Morgan fingerprint density at radius 3 is 2.84 bits per heavy atom. The van der Waals surface area contributed by atoms with E-state index in [9.17, 15) is 9.59 Å². The lowest BCUT2D eigenvalue weighted by molar-refractivity contribution is 0.0947. The molecule has 2 rings (SSSR count). The second kappa shape index (κ2) is 5.05. The van der Waals surface area contributed by atoms with Crippen molar-refractivity contribution in [3.05, 3.63) is 45.1 Å². The average molecular weight is 261 g/mol. The molecule has 7 heteroatoms. The van der Waals surface area contributed by atoms with Gasteiger partial charge in [-0.15, -0.1) is 0 Å². The zero-order valence-corrected chi connectivity index (χ0v) is 11.0. The molecule has 0 aliphatic carbocycles. The summed E-state index contributed by atoms with van der Waals surface area (Å²) >= 11 is 0. The van der Waals surface area contributed by atoms with E-state index in [-0.39, 0.29) is 5.56 Å². The van der Waals surface area contributed by atoms with Gasteiger partial charge in [-0.2, -0.15) is 10.2 Å². The third-order valence-electron chi connectivity index (χ3n) is 2.95. The smallest absolute Gasteiger partial charge is 0.279 e. The van der Waals surface area contributed by atoms with Gasteiger partial charge in [-0.1, -0.05) is 0 Å². The Bertz CT molecular complexity index is 657. The van der Waals surface area contributed by atoms with Crippen LogP contribution in [0, 0.1) is 13.8 Å². The summed E-state index contributed by atoms with van der Waals surface area (Å²) in [6, 6.07) is 1.75. The largest absolute Gasteiger partial charge is 0.346 e. The fourth-order valence-electron chi connectivity index (χ4n) is 1.76. The van der Waals surface area contributed by atoms with E-state index in [4.69, 9.17) is 0 Å². The van der Waals surface area contributed by atoms with E-state index < -0.39 is 11.5 Å². The molecule has 2 aromatic heterocycles. The molecular weight excluding hydrogens is 246 g/mol. The number of carbonyl (C=O) groups is 1. The van der Waals surface area contributed by atoms with Crippen molar-refractivity contribution in [2.75, 3.05) is 0 Å². The fraction of sp³-hybridized carbons (Fsp3) is 0.333. The monoisotopic (exact) mass is 261 g/mol. The van der Waals surface area contributed by atoms with Gasteiger partial charge >= 0.3 is 0 Å². The molecule has 0 radical (unpaired) electrons. The van der Waals surface area contributed by atoms with Crippen LogP contribution in [0.1, 0.15) is 27.3 Å². The molecule has 0 unspecified atom stereocenters. The van der Waals surface area contributed by atoms with Gasteiger partial charge in [-0.25, -0.2) is 4.68 Å². The molecule has 0 saturated carbocycles. The van der Waals surface area contributed by atoms with Crippen LogP contribution in [0.3, 0.4) is 0 Å². The van der Waals surface area contributed by atoms with Crippen LogP contribution in [0.25, 0.3) is 0 Å². The topological polar surface area (TPSA) is 92.7 Å². The third kappa shape index (κ3) is 2.54. The first-order valence-electron chi connectivity index (χ1n) is 5.81. The summed E-state index contributed by atoms with van der Waals surface area (Å²) in [4.78, 5) is 24.1. The fourth-order valence-corrected chi connectivity index (χ4v) is 1.76. The summed E-state index contributed by atoms with van der Waals surface area (Å²) in [5.74, 6) is -0.404. The summed E-state index contributed by atoms with van der Waals surface area (Å²) in [6.45, 7) is 3.78. The molecule has 0 aliphatic rings. The zero-order valence-electron chi connectivity index (χ0n) is 11.0. The van der Waals surface area contributed by atoms with Crippen molar-refractivity contribution in [3.63, 3.8) is 0 Å². The highest BCUT2D eigenvalue weighted by Crippen LogP contribution is 2.06. The van der Waals surface area contributed by atoms with Gasteiger partial charge in [0.1, 0.15) is 5.56 Å². The van der Waals surface area contributed by atoms with E-state index in [0.29, 0.717) is 17.8 Å². The number of hydrogen-bond acceptors (Lipinski definition) is 4. The summed E-state index contributed by atoms with van der Waals surface area (Å²) in [5, 5.41) is 13.2. The Labute approximate surface area is 109 Å². The molecule has 0 aromatic carbocycles. The van der Waals surface area contributed by atoms with Crippen molar-refractivity contribution < 1.29 is 4.79 Å². The second-order valence-electron chi connectivity index (χ2n) is 4.28. The van der Waals surface area contributed by atoms with Gasteiger partial charge in [0.15, 0.2) is 0 Å². The van der Waals surface area contributed by atoms with E-state index in [1.165, 1.54) is 11.7 Å². The van der Waals surface area contributed by atoms with Crippen molar-refractivity contribution in [3.8, 4) is 0 Å². The number of carbonyl (C=O) groups excluding carboxylic acids is 1. The third-order valence-corrected chi connectivity index (χ3v) is 2.95. The lowest BCUT2D eigenvalue weighted by Gasteiger charge is -2.09. The average Bonchev–Trinajstić information content (AvgIpc) is 2.87. The number of H-pyrrole nitrogens is 1. The van der Waals surface area contributed by atoms with Gasteiger partial charge in [-0.3, -0.25) is 14.7 Å². The summed E-state index contributed by atoms with van der Waals surface area (Å²) in [6.07, 6.45) is 1.60. The molecule has 100 valence electrons. The van der Waals surface area contributed by atoms with Gasteiger partial charge in [0, 0.05) is 13.2 Å². The van der Waals surface area contributed by atoms with Crippen molar-refractivity contribution >= 4 is 5.91 Å². The van der Waals surface area contributed by atoms with Gasteiger partial charge in [0.25, 0.3) is 11.5 Å². The Morgan fingerprint density at radius 2 is 2.21 bits per heavy atom. The first-order valence-corrected chi connectivity index (χ1v) is 5.81. The first-order chi connectivity index (χ1) is 9.00. The molecule has 0 aliphatic heterocycles. The molecule has 1 amide bonds. The van der Waals surface area contributed by atoms with Crippen molar-refractivity contribution in [1.82, 2.24) is 25.3 Å². The standard InChI is InChI=1S/C12H15N5O2/c1-7-8(2)16-17(3)12(19)10(7)11(18)13-6-9-4-5-14-15-9/h4-5H,6H2,1-3H3,(H,13,18)(H,14,15). The van der Waals surface area contributed by atoms with Crippen LogP contribution >= 0.6 is 0 Å². The van der Waals surface area contributed by atoms with Crippen LogP contribution < -0.4 is 10.9 Å². The minimum atomic E-state index is -0.404. The number of aromatic amines is 1. The number of amides is 1. The first kappa shape index (κ1) is 13.0. The van der Waals surface area contributed by atoms with Crippen LogP contribution in [-0.4, -0.2) is 25.9 Å². The van der Waals surface area contributed by atoms with Gasteiger partial charge in [-0.05, 0) is 25.5 Å². The molecule has 2 heterocycles. The van der Waals surface area contributed by atoms with Gasteiger partial charge in [0.2, 0.25) is 0 Å². The molecular formula is C12H15N5O2. The SMILES string of the molecule is Cc1nn(C)c(=O)c(C(=O)NCc2ccn[nH]2)c1C. The van der Waals surface area contributed by atoms with Crippen LogP contribution in [0.2, 0.25) is 0 Å². The Balaban J connectivity index is 2.26. The Kier molecular flexibility index (Phi) is 3.46. The van der Waals surface area contributed by atoms with E-state index >= 15 is 0 Å². The number of rotatable bonds is 3. The molecule has 0 bridgehead atoms. The Morgan fingerprint density at radius 1 is 1.47 bits per heavy atom. The zero-order chi connectivity index (χ0) is 14.0. The van der Waals surface area contributed by atoms with E-state index in [1.54, 1.807) is 26.1 Å². The van der Waals surface area contributed by atoms with Crippen molar-refractivity contribution in [2.45, 2.75) is 20.4 Å². The quantitative estimate of drug-likeness (QED) is 0.816. The molecule has 0 spiro atoms. The maximum absolute atomic E-state index is 12.1. The molecule has 2 aromatic rings. The number of nitrogens with zero attached hydrogens (tertiary/aromatic N) is 3. The van der Waals surface area contributed by atoms with Crippen molar-refractivity contribution in [1.29, 1.82) is 0 Å². The number of aromatic nitrogens is 4. The number of aryl methyl sites for hydroxylation is 2. The summed E-state index contributed by atoms with van der Waals surface area (Å²) < 4.78 is 1.17. The van der Waals surface area contributed by atoms with Crippen LogP contribution in [-0.2, 0) is 13.6 Å². The molecule has 0 atom stereocenters. The van der Waals surface area contributed by atoms with Crippen LogP contribution in [0.15, 0.2) is 17.1 Å². The number of nitrogens with one attached hydrogen (secondary N) is 2. The van der Waals surface area contributed by atoms with Gasteiger partial charge in [0.05, 0.1) is 17.9 Å². The van der Waals surface area contributed by atoms with E-state index in [1.807, 2.05) is 0 Å². The lowest BCUT2D eigenvalue weighted by atomic mass is 10.1. The van der Waals surface area contributed by atoms with Crippen LogP contribution in [0.5, 0.6) is 0 Å². The maximum Gasteiger partial charge on any atom is 0.279 e. The summed E-state index contributed by atoms with van der Waals surface area (Å²) in [5.41, 5.74) is 1.77. The summed E-state index contributed by atoms with van der Waals surface area (Å²) in [7, 11) is 1.53. The van der Waals surface area contributed by atoms with Crippen LogP contribution in [0.4, 0.5) is 0 Å². The highest BCUT2D eigenvalue weighted by Gasteiger charge is 2.17. The van der Waals surface area contributed by atoms with Gasteiger partial charge < -0.3 is 5.32 Å². The molecule has 7 nitrogen and oxygen atoms in total. The second-order valence-corrected chi connectivity index (χ2v) is 4.28. The minimum Gasteiger partial charge on any atom is -0.346 e. The molecule has 0 fully saturated rings. The Hall–Kier alpha value is -2.44. The maximum atomic E-state index is 12.1. The molecule has 0 saturated heterocycles. The minimum absolute atomic E-state index is 0.134. The predicted molar refractivity (Wildman–Crippen MR) is 68.7 cm³/mol. The highest BCUT2D eigenvalue weighted by atomic mass is 16.2.